The van der Waals surface area contributed by atoms with E-state index < -0.39 is 86.3 Å². The number of aliphatic hydroxyl groups excluding tert-OH is 6. The molecule has 8 N–H and O–H groups in total. The molecule has 0 radical (unpaired) electrons. The van der Waals surface area contributed by atoms with E-state index >= 15 is 0 Å². The first-order chi connectivity index (χ1) is 22.0. The van der Waals surface area contributed by atoms with Crippen LogP contribution < -0.4 is 10.6 Å². The van der Waals surface area contributed by atoms with E-state index in [9.17, 15) is 40.2 Å². The molecular weight excluding hydrogens is 620 g/mol. The summed E-state index contributed by atoms with van der Waals surface area (Å²) in [6, 6.07) is -2.02. The van der Waals surface area contributed by atoms with Gasteiger partial charge in [0, 0.05) is 19.8 Å². The molecule has 0 spiro atoms. The van der Waals surface area contributed by atoms with Crippen LogP contribution in [-0.2, 0) is 47.5 Å². The molecule has 270 valence electrons. The van der Waals surface area contributed by atoms with Gasteiger partial charge in [0.15, 0.2) is 12.6 Å². The molecule has 2 aliphatic rings. The Kier molecular flexibility index (Phi) is 19.5. The van der Waals surface area contributed by atoms with Gasteiger partial charge < -0.3 is 79.2 Å². The molecule has 2 heterocycles. The molecule has 46 heavy (non-hydrogen) atoms. The molecule has 0 saturated carbocycles. The van der Waals surface area contributed by atoms with Gasteiger partial charge in [-0.05, 0) is 0 Å². The Hall–Kier alpha value is -1.62. The third-order valence-corrected chi connectivity index (χ3v) is 7.07. The second kappa shape index (κ2) is 22.1. The molecule has 0 aliphatic carbocycles. The van der Waals surface area contributed by atoms with E-state index in [-0.39, 0.29) is 32.3 Å². The van der Waals surface area contributed by atoms with Crippen LogP contribution in [-0.4, -0.2) is 183 Å². The Bertz CT molecular complexity index is 792. The van der Waals surface area contributed by atoms with Gasteiger partial charge in [0.1, 0.15) is 48.7 Å². The van der Waals surface area contributed by atoms with Gasteiger partial charge in [-0.3, -0.25) is 9.59 Å². The molecule has 0 aromatic heterocycles. The van der Waals surface area contributed by atoms with Crippen LogP contribution >= 0.6 is 0 Å². The van der Waals surface area contributed by atoms with Crippen LogP contribution in [0.5, 0.6) is 0 Å². The lowest BCUT2D eigenvalue weighted by atomic mass is 9.97. The number of nitrogens with one attached hydrogen (secondary N) is 2. The van der Waals surface area contributed by atoms with Crippen LogP contribution in [0.3, 0.4) is 0 Å². The summed E-state index contributed by atoms with van der Waals surface area (Å²) in [6.07, 6.45) is -9.79. The predicted molar refractivity (Wildman–Crippen MR) is 155 cm³/mol. The van der Waals surface area contributed by atoms with E-state index in [1.165, 1.54) is 13.8 Å². The van der Waals surface area contributed by atoms with Crippen molar-refractivity contribution in [3.05, 3.63) is 0 Å². The number of carbonyl (C=O) groups excluding carboxylic acids is 2. The number of hydrogen-bond acceptors (Lipinski definition) is 16. The molecule has 4 unspecified atom stereocenters. The first-order valence-electron chi connectivity index (χ1n) is 15.3. The molecule has 0 aromatic carbocycles. The smallest absolute Gasteiger partial charge is 0.217 e. The second-order valence-corrected chi connectivity index (χ2v) is 11.1. The Morgan fingerprint density at radius 2 is 0.957 bits per heavy atom. The van der Waals surface area contributed by atoms with E-state index in [2.05, 4.69) is 10.6 Å². The van der Waals surface area contributed by atoms with Gasteiger partial charge in [-0.2, -0.15) is 0 Å². The van der Waals surface area contributed by atoms with Crippen molar-refractivity contribution in [1.82, 2.24) is 10.6 Å². The van der Waals surface area contributed by atoms with Crippen molar-refractivity contribution in [2.75, 3.05) is 79.3 Å². The van der Waals surface area contributed by atoms with Gasteiger partial charge in [-0.25, -0.2) is 0 Å². The standard InChI is InChI=1S/C28H52N2O16/c1-16(14-41-6-4-39-8-10-43-27-21(29-17(2)33)25(37)23(35)19(12-31)45-27)15-42-7-5-40-9-11-44-28-22(30-18(3)34)26(38)24(36)20(13-32)46-28/h16,19-28,31-32,35-38H,4-15H2,1-3H3,(H,29,33)(H,30,34)/t16?,19?,20?,21?,22?,23-,24-,25+,26+,27+,28+/m0/s1. The SMILES string of the molecule is CC(=O)NC1[C@H](OCCOCCOCC(C)COCCOCCO[C@@H]2OC(CO)[C@H](O)[C@H](O)C2NC(C)=O)OC(CO)[C@H](O)[C@@H]1O. The summed E-state index contributed by atoms with van der Waals surface area (Å²) in [5, 5.41) is 64.3. The quantitative estimate of drug-likeness (QED) is 0.0506. The Morgan fingerprint density at radius 1 is 0.609 bits per heavy atom. The highest BCUT2D eigenvalue weighted by molar-refractivity contribution is 5.73. The van der Waals surface area contributed by atoms with Crippen molar-refractivity contribution in [3.63, 3.8) is 0 Å². The van der Waals surface area contributed by atoms with Gasteiger partial charge >= 0.3 is 0 Å². The van der Waals surface area contributed by atoms with E-state index in [0.29, 0.717) is 39.6 Å². The Morgan fingerprint density at radius 3 is 1.30 bits per heavy atom. The first kappa shape index (κ1) is 40.6. The van der Waals surface area contributed by atoms with Crippen molar-refractivity contribution < 1.29 is 78.1 Å². The molecule has 2 fully saturated rings. The van der Waals surface area contributed by atoms with Crippen molar-refractivity contribution in [2.24, 2.45) is 5.92 Å². The maximum atomic E-state index is 11.5. The summed E-state index contributed by atoms with van der Waals surface area (Å²) in [7, 11) is 0. The van der Waals surface area contributed by atoms with Crippen LogP contribution in [0.4, 0.5) is 0 Å². The van der Waals surface area contributed by atoms with E-state index in [1.54, 1.807) is 0 Å². The number of amides is 2. The zero-order chi connectivity index (χ0) is 34.1. The molecule has 18 nitrogen and oxygen atoms in total. The fraction of sp³-hybridized carbons (Fsp3) is 0.929. The highest BCUT2D eigenvalue weighted by Gasteiger charge is 2.46. The van der Waals surface area contributed by atoms with Crippen LogP contribution in [0, 0.1) is 5.92 Å². The summed E-state index contributed by atoms with van der Waals surface area (Å²) < 4.78 is 44.3. The zero-order valence-electron chi connectivity index (χ0n) is 26.6. The van der Waals surface area contributed by atoms with Crippen LogP contribution in [0.15, 0.2) is 0 Å². The summed E-state index contributed by atoms with van der Waals surface area (Å²) >= 11 is 0. The molecule has 0 bridgehead atoms. The molecule has 2 amide bonds. The molecule has 2 saturated heterocycles. The molecule has 18 heteroatoms. The number of rotatable bonds is 22. The highest BCUT2D eigenvalue weighted by Crippen LogP contribution is 2.23. The van der Waals surface area contributed by atoms with Gasteiger partial charge in [0.25, 0.3) is 0 Å². The second-order valence-electron chi connectivity index (χ2n) is 11.1. The first-order valence-corrected chi connectivity index (χ1v) is 15.3. The van der Waals surface area contributed by atoms with Crippen molar-refractivity contribution in [1.29, 1.82) is 0 Å². The average Bonchev–Trinajstić information content (AvgIpc) is 3.01. The van der Waals surface area contributed by atoms with Crippen molar-refractivity contribution in [3.8, 4) is 0 Å². The van der Waals surface area contributed by atoms with E-state index in [4.69, 9.17) is 37.9 Å². The Balaban J connectivity index is 1.48. The van der Waals surface area contributed by atoms with Gasteiger partial charge in [0.05, 0.1) is 79.3 Å². The maximum Gasteiger partial charge on any atom is 0.217 e. The summed E-state index contributed by atoms with van der Waals surface area (Å²) in [4.78, 5) is 22.9. The molecule has 10 atom stereocenters. The topological polar surface area (TPSA) is 253 Å². The maximum absolute atomic E-state index is 11.5. The minimum atomic E-state index is -1.38. The summed E-state index contributed by atoms with van der Waals surface area (Å²) in [6.45, 7) is 6.08. The van der Waals surface area contributed by atoms with E-state index in [0.717, 1.165) is 0 Å². The number of carbonyl (C=O) groups is 2. The summed E-state index contributed by atoms with van der Waals surface area (Å²) in [5.74, 6) is -0.765. The van der Waals surface area contributed by atoms with Gasteiger partial charge in [-0.15, -0.1) is 0 Å². The average molecular weight is 673 g/mol. The van der Waals surface area contributed by atoms with Gasteiger partial charge in [0.2, 0.25) is 11.8 Å². The molecule has 2 rings (SSSR count). The molecular formula is C28H52N2O16. The lowest BCUT2D eigenvalue weighted by Gasteiger charge is -2.42. The summed E-state index contributed by atoms with van der Waals surface area (Å²) in [5.41, 5.74) is 0. The Labute approximate surface area is 268 Å². The molecule has 0 aromatic rings. The molecule has 2 aliphatic heterocycles. The fourth-order valence-electron chi connectivity index (χ4n) is 4.73. The minimum Gasteiger partial charge on any atom is -0.394 e. The number of hydrogen-bond donors (Lipinski definition) is 8. The van der Waals surface area contributed by atoms with Crippen LogP contribution in [0.1, 0.15) is 20.8 Å². The lowest BCUT2D eigenvalue weighted by Crippen LogP contribution is -2.64. The largest absolute Gasteiger partial charge is 0.394 e. The predicted octanol–water partition coefficient (Wildman–Crippen LogP) is -4.39. The third kappa shape index (κ3) is 13.9. The monoisotopic (exact) mass is 672 g/mol. The number of aliphatic hydroxyl groups is 6. The van der Waals surface area contributed by atoms with Crippen LogP contribution in [0.25, 0.3) is 0 Å². The zero-order valence-corrected chi connectivity index (χ0v) is 26.6. The van der Waals surface area contributed by atoms with E-state index in [1.807, 2.05) is 6.92 Å². The third-order valence-electron chi connectivity index (χ3n) is 7.07. The van der Waals surface area contributed by atoms with Gasteiger partial charge in [-0.1, -0.05) is 6.92 Å². The highest BCUT2D eigenvalue weighted by atomic mass is 16.7. The minimum absolute atomic E-state index is 0.0730. The normalized spacial score (nSPS) is 32.2. The number of ether oxygens (including phenoxy) is 8. The fourth-order valence-corrected chi connectivity index (χ4v) is 4.73. The lowest BCUT2D eigenvalue weighted by molar-refractivity contribution is -0.272. The van der Waals surface area contributed by atoms with Crippen molar-refractivity contribution in [2.45, 2.75) is 82.1 Å². The van der Waals surface area contributed by atoms with Crippen molar-refractivity contribution >= 4 is 11.8 Å². The van der Waals surface area contributed by atoms with Crippen LogP contribution in [0.2, 0.25) is 0 Å².